The molecule has 132 valence electrons. The minimum absolute atomic E-state index is 0.0443. The number of carbonyl (C=O) groups excluding carboxylic acids is 1. The Kier molecular flexibility index (Phi) is 4.73. The van der Waals surface area contributed by atoms with Gasteiger partial charge in [0.2, 0.25) is 10.0 Å². The number of phenols is 1. The summed E-state index contributed by atoms with van der Waals surface area (Å²) in [5.74, 6) is -0.607. The topological polar surface area (TPSA) is 95.5 Å². The third-order valence-corrected chi connectivity index (χ3v) is 5.79. The Morgan fingerprint density at radius 1 is 1.20 bits per heavy atom. The van der Waals surface area contributed by atoms with Crippen LogP contribution in [0.3, 0.4) is 0 Å². The van der Waals surface area contributed by atoms with Crippen molar-refractivity contribution in [2.24, 2.45) is 0 Å². The second-order valence-corrected chi connectivity index (χ2v) is 8.11. The number of carbonyl (C=O) groups is 1. The fourth-order valence-corrected chi connectivity index (χ4v) is 4.11. The van der Waals surface area contributed by atoms with Crippen LogP contribution >= 0.6 is 11.6 Å². The predicted molar refractivity (Wildman–Crippen MR) is 95.6 cm³/mol. The van der Waals surface area contributed by atoms with Crippen LogP contribution < -0.4 is 10.0 Å². The van der Waals surface area contributed by atoms with Gasteiger partial charge in [0.1, 0.15) is 10.6 Å². The molecule has 1 saturated carbocycles. The van der Waals surface area contributed by atoms with Crippen LogP contribution in [0, 0.1) is 6.92 Å². The lowest BCUT2D eigenvalue weighted by molar-refractivity contribution is 0.102. The van der Waals surface area contributed by atoms with Crippen molar-refractivity contribution in [2.45, 2.75) is 30.7 Å². The average molecular weight is 381 g/mol. The molecule has 1 fully saturated rings. The molecular formula is C17H17ClN2O4S. The fraction of sp³-hybridized carbons (Fsp3) is 0.235. The first-order valence-corrected chi connectivity index (χ1v) is 9.55. The Bertz CT molecular complexity index is 940. The van der Waals surface area contributed by atoms with Crippen LogP contribution in [-0.4, -0.2) is 25.5 Å². The van der Waals surface area contributed by atoms with Gasteiger partial charge in [0.25, 0.3) is 5.91 Å². The molecule has 1 aliphatic carbocycles. The van der Waals surface area contributed by atoms with E-state index in [-0.39, 0.29) is 33.0 Å². The van der Waals surface area contributed by atoms with E-state index in [2.05, 4.69) is 10.0 Å². The molecule has 0 bridgehead atoms. The Morgan fingerprint density at radius 3 is 2.56 bits per heavy atom. The molecule has 25 heavy (non-hydrogen) atoms. The second kappa shape index (κ2) is 6.67. The number of rotatable bonds is 5. The number of nitrogens with one attached hydrogen (secondary N) is 2. The molecule has 1 aliphatic rings. The van der Waals surface area contributed by atoms with E-state index in [1.165, 1.54) is 24.3 Å². The zero-order chi connectivity index (χ0) is 18.2. The highest BCUT2D eigenvalue weighted by atomic mass is 35.5. The highest BCUT2D eigenvalue weighted by Crippen LogP contribution is 2.28. The first-order chi connectivity index (χ1) is 11.8. The van der Waals surface area contributed by atoms with Gasteiger partial charge in [0.05, 0.1) is 10.7 Å². The molecule has 0 atom stereocenters. The van der Waals surface area contributed by atoms with E-state index in [4.69, 9.17) is 11.6 Å². The predicted octanol–water partition coefficient (Wildman–Crippen LogP) is 3.05. The van der Waals surface area contributed by atoms with E-state index in [1.807, 2.05) is 6.92 Å². The lowest BCUT2D eigenvalue weighted by Gasteiger charge is -2.11. The highest BCUT2D eigenvalue weighted by molar-refractivity contribution is 7.89. The molecule has 0 radical (unpaired) electrons. The van der Waals surface area contributed by atoms with Crippen LogP contribution in [-0.2, 0) is 10.0 Å². The van der Waals surface area contributed by atoms with Crippen LogP contribution in [0.15, 0.2) is 41.3 Å². The van der Waals surface area contributed by atoms with Crippen molar-refractivity contribution < 1.29 is 18.3 Å². The molecule has 1 amide bonds. The smallest absolute Gasteiger partial charge is 0.255 e. The number of hydrogen-bond donors (Lipinski definition) is 3. The standard InChI is InChI=1S/C17H17ClN2O4S/c1-10-2-7-14(15(21)8-10)19-17(22)11-3-6-13(18)16(9-11)25(23,24)20-12-4-5-12/h2-3,6-9,12,20-21H,4-5H2,1H3,(H,19,22). The molecular weight excluding hydrogens is 364 g/mol. The first kappa shape index (κ1) is 17.7. The molecule has 0 unspecified atom stereocenters. The number of hydrogen-bond acceptors (Lipinski definition) is 4. The summed E-state index contributed by atoms with van der Waals surface area (Å²) in [7, 11) is -3.78. The van der Waals surface area contributed by atoms with Crippen LogP contribution in [0.4, 0.5) is 5.69 Å². The zero-order valence-corrected chi connectivity index (χ0v) is 15.0. The van der Waals surface area contributed by atoms with Gasteiger partial charge in [-0.1, -0.05) is 17.7 Å². The van der Waals surface area contributed by atoms with E-state index >= 15 is 0 Å². The SMILES string of the molecule is Cc1ccc(NC(=O)c2ccc(Cl)c(S(=O)(=O)NC3CC3)c2)c(O)c1. The highest BCUT2D eigenvalue weighted by Gasteiger charge is 2.29. The minimum Gasteiger partial charge on any atom is -0.506 e. The number of anilines is 1. The van der Waals surface area contributed by atoms with E-state index < -0.39 is 15.9 Å². The van der Waals surface area contributed by atoms with E-state index in [0.29, 0.717) is 0 Å². The third kappa shape index (κ3) is 4.12. The molecule has 3 N–H and O–H groups in total. The largest absolute Gasteiger partial charge is 0.506 e. The fourth-order valence-electron chi connectivity index (χ4n) is 2.28. The Morgan fingerprint density at radius 2 is 1.92 bits per heavy atom. The van der Waals surface area contributed by atoms with Crippen molar-refractivity contribution >= 4 is 33.2 Å². The lowest BCUT2D eigenvalue weighted by atomic mass is 10.2. The number of benzene rings is 2. The van der Waals surface area contributed by atoms with Gasteiger partial charge in [-0.3, -0.25) is 4.79 Å². The van der Waals surface area contributed by atoms with Gasteiger partial charge < -0.3 is 10.4 Å². The van der Waals surface area contributed by atoms with Gasteiger partial charge in [-0.05, 0) is 55.7 Å². The van der Waals surface area contributed by atoms with Crippen molar-refractivity contribution in [2.75, 3.05) is 5.32 Å². The third-order valence-electron chi connectivity index (χ3n) is 3.78. The van der Waals surface area contributed by atoms with Crippen molar-refractivity contribution in [1.82, 2.24) is 4.72 Å². The molecule has 6 nitrogen and oxygen atoms in total. The summed E-state index contributed by atoms with van der Waals surface area (Å²) in [4.78, 5) is 12.3. The Labute approximate surface area is 150 Å². The molecule has 2 aromatic rings. The van der Waals surface area contributed by atoms with Gasteiger partial charge in [-0.15, -0.1) is 0 Å². The van der Waals surface area contributed by atoms with Crippen LogP contribution in [0.2, 0.25) is 5.02 Å². The maximum absolute atomic E-state index is 12.4. The molecule has 3 rings (SSSR count). The second-order valence-electron chi connectivity index (χ2n) is 6.02. The molecule has 0 aliphatic heterocycles. The molecule has 2 aromatic carbocycles. The number of phenolic OH excluding ortho intramolecular Hbond substituents is 1. The Balaban J connectivity index is 1.87. The molecule has 0 spiro atoms. The summed E-state index contributed by atoms with van der Waals surface area (Å²) in [5.41, 5.74) is 1.22. The van der Waals surface area contributed by atoms with Crippen LogP contribution in [0.5, 0.6) is 5.75 Å². The van der Waals surface area contributed by atoms with E-state index in [9.17, 15) is 18.3 Å². The maximum atomic E-state index is 12.4. The Hall–Kier alpha value is -2.09. The summed E-state index contributed by atoms with van der Waals surface area (Å²) >= 11 is 6.00. The monoisotopic (exact) mass is 380 g/mol. The van der Waals surface area contributed by atoms with Gasteiger partial charge in [0.15, 0.2) is 0 Å². The summed E-state index contributed by atoms with van der Waals surface area (Å²) in [6.07, 6.45) is 1.59. The van der Waals surface area contributed by atoms with Crippen molar-refractivity contribution in [3.63, 3.8) is 0 Å². The minimum atomic E-state index is -3.78. The first-order valence-electron chi connectivity index (χ1n) is 7.69. The normalized spacial score (nSPS) is 14.3. The van der Waals surface area contributed by atoms with Gasteiger partial charge in [-0.25, -0.2) is 13.1 Å². The van der Waals surface area contributed by atoms with Crippen LogP contribution in [0.1, 0.15) is 28.8 Å². The summed E-state index contributed by atoms with van der Waals surface area (Å²) in [6.45, 7) is 1.81. The van der Waals surface area contributed by atoms with Crippen molar-refractivity contribution in [3.8, 4) is 5.75 Å². The summed E-state index contributed by atoms with van der Waals surface area (Å²) < 4.78 is 27.3. The molecule has 0 aromatic heterocycles. The quantitative estimate of drug-likeness (QED) is 0.694. The number of sulfonamides is 1. The summed E-state index contributed by atoms with van der Waals surface area (Å²) in [6, 6.07) is 8.80. The maximum Gasteiger partial charge on any atom is 0.255 e. The van der Waals surface area contributed by atoms with Gasteiger partial charge in [-0.2, -0.15) is 0 Å². The summed E-state index contributed by atoms with van der Waals surface area (Å²) in [5, 5.41) is 12.5. The van der Waals surface area contributed by atoms with Gasteiger partial charge in [0, 0.05) is 11.6 Å². The number of halogens is 1. The number of aryl methyl sites for hydroxylation is 1. The molecule has 0 heterocycles. The van der Waals surface area contributed by atoms with Crippen molar-refractivity contribution in [1.29, 1.82) is 0 Å². The average Bonchev–Trinajstić information content (AvgIpc) is 3.33. The van der Waals surface area contributed by atoms with Gasteiger partial charge >= 0.3 is 0 Å². The van der Waals surface area contributed by atoms with Crippen molar-refractivity contribution in [3.05, 3.63) is 52.5 Å². The number of aromatic hydroxyl groups is 1. The van der Waals surface area contributed by atoms with E-state index in [1.54, 1.807) is 12.1 Å². The van der Waals surface area contributed by atoms with Crippen LogP contribution in [0.25, 0.3) is 0 Å². The van der Waals surface area contributed by atoms with E-state index in [0.717, 1.165) is 18.4 Å². The zero-order valence-electron chi connectivity index (χ0n) is 13.4. The molecule has 0 saturated heterocycles. The molecule has 8 heteroatoms. The number of amides is 1. The lowest BCUT2D eigenvalue weighted by Crippen LogP contribution is -2.26.